The van der Waals surface area contributed by atoms with Crippen LogP contribution in [0.2, 0.25) is 5.02 Å². The van der Waals surface area contributed by atoms with E-state index in [1.807, 2.05) is 13.0 Å². The first kappa shape index (κ1) is 16.3. The predicted molar refractivity (Wildman–Crippen MR) is 69.6 cm³/mol. The van der Waals surface area contributed by atoms with E-state index in [1.165, 1.54) is 0 Å². The lowest BCUT2D eigenvalue weighted by molar-refractivity contribution is -0.174. The molecule has 0 bridgehead atoms. The third kappa shape index (κ3) is 6.27. The highest BCUT2D eigenvalue weighted by atomic mass is 35.5. The van der Waals surface area contributed by atoms with E-state index in [2.05, 4.69) is 5.32 Å². The second-order valence-electron chi connectivity index (χ2n) is 4.16. The fourth-order valence-electron chi connectivity index (χ4n) is 1.70. The molecular formula is C13H17ClF3NO. The molecule has 0 saturated heterocycles. The number of benzene rings is 1. The number of likely N-dealkylation sites (N-methyl/N-ethyl adjacent to an activating group) is 1. The average Bonchev–Trinajstić information content (AvgIpc) is 2.33. The number of hydrogen-bond acceptors (Lipinski definition) is 2. The molecule has 0 aromatic heterocycles. The van der Waals surface area contributed by atoms with Crippen molar-refractivity contribution in [2.45, 2.75) is 19.0 Å². The molecule has 0 heterocycles. The van der Waals surface area contributed by atoms with E-state index >= 15 is 0 Å². The van der Waals surface area contributed by atoms with E-state index in [1.54, 1.807) is 18.2 Å². The number of halogens is 4. The molecule has 0 fully saturated rings. The minimum atomic E-state index is -4.30. The van der Waals surface area contributed by atoms with Gasteiger partial charge in [-0.25, -0.2) is 0 Å². The lowest BCUT2D eigenvalue weighted by atomic mass is 10.00. The summed E-state index contributed by atoms with van der Waals surface area (Å²) in [5.74, 6) is -0.198. The van der Waals surface area contributed by atoms with Gasteiger partial charge in [0, 0.05) is 17.5 Å². The molecule has 0 aliphatic carbocycles. The monoisotopic (exact) mass is 295 g/mol. The van der Waals surface area contributed by atoms with Gasteiger partial charge in [0.1, 0.15) is 6.61 Å². The van der Waals surface area contributed by atoms with E-state index in [0.717, 1.165) is 12.1 Å². The number of ether oxygens (including phenoxy) is 1. The summed E-state index contributed by atoms with van der Waals surface area (Å²) in [4.78, 5) is 0. The maximum atomic E-state index is 12.1. The topological polar surface area (TPSA) is 21.3 Å². The van der Waals surface area contributed by atoms with Gasteiger partial charge in [-0.05, 0) is 18.2 Å². The molecule has 0 saturated carbocycles. The summed E-state index contributed by atoms with van der Waals surface area (Å²) in [5, 5.41) is 3.64. The molecular weight excluding hydrogens is 279 g/mol. The summed E-state index contributed by atoms with van der Waals surface area (Å²) in [6.45, 7) is 1.94. The van der Waals surface area contributed by atoms with Crippen LogP contribution in [0.4, 0.5) is 13.2 Å². The Bertz CT molecular complexity index is 384. The van der Waals surface area contributed by atoms with Gasteiger partial charge in [0.2, 0.25) is 0 Å². The standard InChI is InChI=1S/C13H17ClF3NO/c1-2-18-7-10(8-19-9-13(15,16)17)11-5-3-4-6-12(11)14/h3-6,10,18H,2,7-9H2,1H3. The van der Waals surface area contributed by atoms with Crippen LogP contribution >= 0.6 is 11.6 Å². The van der Waals surface area contributed by atoms with Gasteiger partial charge in [0.25, 0.3) is 0 Å². The Morgan fingerprint density at radius 2 is 2.00 bits per heavy atom. The Hall–Kier alpha value is -0.780. The Balaban J connectivity index is 2.64. The van der Waals surface area contributed by atoms with E-state index in [0.29, 0.717) is 11.6 Å². The van der Waals surface area contributed by atoms with Crippen LogP contribution < -0.4 is 5.32 Å². The van der Waals surface area contributed by atoms with Crippen LogP contribution in [0.15, 0.2) is 24.3 Å². The average molecular weight is 296 g/mol. The molecule has 1 atom stereocenters. The molecule has 2 nitrogen and oxygen atoms in total. The lowest BCUT2D eigenvalue weighted by Crippen LogP contribution is -2.27. The van der Waals surface area contributed by atoms with Gasteiger partial charge in [-0.2, -0.15) is 13.2 Å². The minimum absolute atomic E-state index is 0.0176. The van der Waals surface area contributed by atoms with Crippen LogP contribution in [-0.4, -0.2) is 32.5 Å². The molecule has 6 heteroatoms. The SMILES string of the molecule is CCNCC(COCC(F)(F)F)c1ccccc1Cl. The third-order valence-corrected chi connectivity index (χ3v) is 2.91. The summed E-state index contributed by atoms with van der Waals surface area (Å²) < 4.78 is 41.0. The Labute approximate surface area is 115 Å². The number of hydrogen-bond donors (Lipinski definition) is 1. The van der Waals surface area contributed by atoms with Gasteiger partial charge in [0.05, 0.1) is 6.61 Å². The van der Waals surface area contributed by atoms with E-state index < -0.39 is 12.8 Å². The second kappa shape index (κ2) is 7.72. The first-order chi connectivity index (χ1) is 8.94. The second-order valence-corrected chi connectivity index (χ2v) is 4.56. The van der Waals surface area contributed by atoms with Crippen molar-refractivity contribution < 1.29 is 17.9 Å². The molecule has 0 aliphatic heterocycles. The van der Waals surface area contributed by atoms with Gasteiger partial charge in [0.15, 0.2) is 0 Å². The van der Waals surface area contributed by atoms with E-state index in [4.69, 9.17) is 16.3 Å². The largest absolute Gasteiger partial charge is 0.411 e. The fourth-order valence-corrected chi connectivity index (χ4v) is 1.99. The fraction of sp³-hybridized carbons (Fsp3) is 0.538. The van der Waals surface area contributed by atoms with Crippen molar-refractivity contribution >= 4 is 11.6 Å². The van der Waals surface area contributed by atoms with Crippen LogP contribution in [-0.2, 0) is 4.74 Å². The molecule has 0 amide bonds. The van der Waals surface area contributed by atoms with Crippen LogP contribution in [0.1, 0.15) is 18.4 Å². The van der Waals surface area contributed by atoms with Gasteiger partial charge < -0.3 is 10.1 Å². The summed E-state index contributed by atoms with van der Waals surface area (Å²) in [7, 11) is 0. The Kier molecular flexibility index (Phi) is 6.62. The zero-order valence-corrected chi connectivity index (χ0v) is 11.4. The number of rotatable bonds is 7. The van der Waals surface area contributed by atoms with Crippen molar-refractivity contribution in [3.63, 3.8) is 0 Å². The number of alkyl halides is 3. The molecule has 0 spiro atoms. The van der Waals surface area contributed by atoms with Crippen molar-refractivity contribution in [1.29, 1.82) is 0 Å². The molecule has 108 valence electrons. The van der Waals surface area contributed by atoms with Gasteiger partial charge in [-0.1, -0.05) is 36.7 Å². The normalized spacial score (nSPS) is 13.5. The van der Waals surface area contributed by atoms with Crippen molar-refractivity contribution in [1.82, 2.24) is 5.32 Å². The Morgan fingerprint density at radius 1 is 1.32 bits per heavy atom. The highest BCUT2D eigenvalue weighted by Gasteiger charge is 2.28. The zero-order chi connectivity index (χ0) is 14.3. The molecule has 0 aliphatic rings. The maximum absolute atomic E-state index is 12.1. The third-order valence-electron chi connectivity index (χ3n) is 2.57. The molecule has 1 unspecified atom stereocenters. The smallest absolute Gasteiger partial charge is 0.371 e. The summed E-state index contributed by atoms with van der Waals surface area (Å²) in [6.07, 6.45) is -4.30. The zero-order valence-electron chi connectivity index (χ0n) is 10.6. The molecule has 0 radical (unpaired) electrons. The maximum Gasteiger partial charge on any atom is 0.411 e. The first-order valence-corrected chi connectivity index (χ1v) is 6.41. The van der Waals surface area contributed by atoms with E-state index in [-0.39, 0.29) is 12.5 Å². The van der Waals surface area contributed by atoms with Gasteiger partial charge in [-0.15, -0.1) is 0 Å². The molecule has 1 rings (SSSR count). The first-order valence-electron chi connectivity index (χ1n) is 6.03. The predicted octanol–water partition coefficient (Wildman–Crippen LogP) is 3.61. The molecule has 19 heavy (non-hydrogen) atoms. The van der Waals surface area contributed by atoms with Crippen molar-refractivity contribution in [2.24, 2.45) is 0 Å². The summed E-state index contributed by atoms with van der Waals surface area (Å²) in [5.41, 5.74) is 0.798. The lowest BCUT2D eigenvalue weighted by Gasteiger charge is -2.19. The number of nitrogens with one attached hydrogen (secondary N) is 1. The van der Waals surface area contributed by atoms with E-state index in [9.17, 15) is 13.2 Å². The molecule has 1 N–H and O–H groups in total. The molecule has 1 aromatic carbocycles. The Morgan fingerprint density at radius 3 is 2.58 bits per heavy atom. The van der Waals surface area contributed by atoms with Crippen LogP contribution in [0.5, 0.6) is 0 Å². The minimum Gasteiger partial charge on any atom is -0.371 e. The van der Waals surface area contributed by atoms with Crippen molar-refractivity contribution in [3.05, 3.63) is 34.9 Å². The van der Waals surface area contributed by atoms with Gasteiger partial charge in [-0.3, -0.25) is 0 Å². The van der Waals surface area contributed by atoms with Crippen LogP contribution in [0.25, 0.3) is 0 Å². The van der Waals surface area contributed by atoms with Crippen molar-refractivity contribution in [2.75, 3.05) is 26.3 Å². The van der Waals surface area contributed by atoms with Crippen LogP contribution in [0.3, 0.4) is 0 Å². The summed E-state index contributed by atoms with van der Waals surface area (Å²) >= 11 is 6.06. The highest BCUT2D eigenvalue weighted by molar-refractivity contribution is 6.31. The van der Waals surface area contributed by atoms with Crippen molar-refractivity contribution in [3.8, 4) is 0 Å². The summed E-state index contributed by atoms with van der Waals surface area (Å²) in [6, 6.07) is 7.12. The van der Waals surface area contributed by atoms with Crippen LogP contribution in [0, 0.1) is 0 Å². The van der Waals surface area contributed by atoms with Gasteiger partial charge >= 0.3 is 6.18 Å². The molecule has 1 aromatic rings. The highest BCUT2D eigenvalue weighted by Crippen LogP contribution is 2.25. The quantitative estimate of drug-likeness (QED) is 0.830.